The quantitative estimate of drug-likeness (QED) is 0.857. The highest BCUT2D eigenvalue weighted by Gasteiger charge is 2.19. The lowest BCUT2D eigenvalue weighted by Gasteiger charge is -2.15. The summed E-state index contributed by atoms with van der Waals surface area (Å²) in [6.07, 6.45) is 1.39. The van der Waals surface area contributed by atoms with Gasteiger partial charge in [-0.1, -0.05) is 40.9 Å². The van der Waals surface area contributed by atoms with Gasteiger partial charge in [0.05, 0.1) is 5.02 Å². The summed E-state index contributed by atoms with van der Waals surface area (Å²) >= 11 is 9.24. The molecule has 0 saturated carbocycles. The standard InChI is InChI=1S/C12H14BrClO3/c1-2-3-4-11(12(15)16)17-10-6-5-8(13)7-9(10)14/h5-7,11H,2-4H2,1H3,(H,15,16). The molecule has 5 heteroatoms. The maximum absolute atomic E-state index is 11.0. The molecule has 0 aliphatic heterocycles. The molecule has 17 heavy (non-hydrogen) atoms. The van der Waals surface area contributed by atoms with Gasteiger partial charge in [-0.25, -0.2) is 4.79 Å². The van der Waals surface area contributed by atoms with Crippen LogP contribution in [0.1, 0.15) is 26.2 Å². The average Bonchev–Trinajstić information content (AvgIpc) is 2.26. The number of ether oxygens (including phenoxy) is 1. The lowest BCUT2D eigenvalue weighted by Crippen LogP contribution is -2.26. The normalized spacial score (nSPS) is 12.2. The minimum atomic E-state index is -0.961. The van der Waals surface area contributed by atoms with Gasteiger partial charge in [0.1, 0.15) is 5.75 Å². The molecule has 0 fully saturated rings. The van der Waals surface area contributed by atoms with E-state index in [2.05, 4.69) is 15.9 Å². The van der Waals surface area contributed by atoms with Gasteiger partial charge in [-0.3, -0.25) is 0 Å². The monoisotopic (exact) mass is 320 g/mol. The Morgan fingerprint density at radius 2 is 2.29 bits per heavy atom. The molecule has 1 unspecified atom stereocenters. The van der Waals surface area contributed by atoms with Crippen molar-refractivity contribution in [2.75, 3.05) is 0 Å². The van der Waals surface area contributed by atoms with Gasteiger partial charge in [-0.2, -0.15) is 0 Å². The lowest BCUT2D eigenvalue weighted by atomic mass is 10.1. The molecule has 3 nitrogen and oxygen atoms in total. The second-order valence-corrected chi connectivity index (χ2v) is 4.98. The molecule has 0 radical (unpaired) electrons. The Morgan fingerprint density at radius 3 is 2.82 bits per heavy atom. The first-order valence-corrected chi connectivity index (χ1v) is 6.56. The van der Waals surface area contributed by atoms with Gasteiger partial charge < -0.3 is 9.84 Å². The molecule has 0 amide bonds. The largest absolute Gasteiger partial charge is 0.479 e. The van der Waals surface area contributed by atoms with Crippen LogP contribution in [0, 0.1) is 0 Å². The van der Waals surface area contributed by atoms with E-state index in [1.165, 1.54) is 0 Å². The van der Waals surface area contributed by atoms with Crippen LogP contribution in [-0.4, -0.2) is 17.2 Å². The highest BCUT2D eigenvalue weighted by atomic mass is 79.9. The summed E-state index contributed by atoms with van der Waals surface area (Å²) in [5.41, 5.74) is 0. The molecule has 0 saturated heterocycles. The molecule has 0 spiro atoms. The van der Waals surface area contributed by atoms with Crippen molar-refractivity contribution >= 4 is 33.5 Å². The minimum absolute atomic E-state index is 0.401. The van der Waals surface area contributed by atoms with Gasteiger partial charge >= 0.3 is 5.97 Å². The van der Waals surface area contributed by atoms with Crippen molar-refractivity contribution in [2.45, 2.75) is 32.3 Å². The van der Waals surface area contributed by atoms with Gasteiger partial charge in [-0.15, -0.1) is 0 Å². The second kappa shape index (κ2) is 6.87. The van der Waals surface area contributed by atoms with E-state index in [0.29, 0.717) is 17.2 Å². The van der Waals surface area contributed by atoms with E-state index in [-0.39, 0.29) is 0 Å². The highest BCUT2D eigenvalue weighted by Crippen LogP contribution is 2.29. The second-order valence-electron chi connectivity index (χ2n) is 3.66. The van der Waals surface area contributed by atoms with Crippen LogP contribution in [0.3, 0.4) is 0 Å². The van der Waals surface area contributed by atoms with E-state index in [4.69, 9.17) is 21.4 Å². The number of halogens is 2. The van der Waals surface area contributed by atoms with Crippen molar-refractivity contribution in [1.29, 1.82) is 0 Å². The molecule has 1 aromatic rings. The Balaban J connectivity index is 2.75. The molecule has 0 aliphatic rings. The summed E-state index contributed by atoms with van der Waals surface area (Å²) in [6, 6.07) is 5.10. The number of benzene rings is 1. The first kappa shape index (κ1) is 14.3. The predicted molar refractivity (Wildman–Crippen MR) is 70.7 cm³/mol. The molecule has 0 aromatic heterocycles. The first-order chi connectivity index (χ1) is 8.04. The molecule has 1 atom stereocenters. The van der Waals surface area contributed by atoms with Crippen molar-refractivity contribution in [3.8, 4) is 5.75 Å². The van der Waals surface area contributed by atoms with Crippen molar-refractivity contribution in [1.82, 2.24) is 0 Å². The Kier molecular flexibility index (Phi) is 5.78. The third-order valence-electron chi connectivity index (χ3n) is 2.26. The van der Waals surface area contributed by atoms with E-state index in [9.17, 15) is 4.79 Å². The van der Waals surface area contributed by atoms with Crippen LogP contribution < -0.4 is 4.74 Å². The Bertz CT molecular complexity index is 395. The summed E-state index contributed by atoms with van der Waals surface area (Å²) in [5, 5.41) is 9.43. The number of unbranched alkanes of at least 4 members (excludes halogenated alkanes) is 1. The summed E-state index contributed by atoms with van der Waals surface area (Å²) in [4.78, 5) is 11.0. The van der Waals surface area contributed by atoms with Crippen LogP contribution in [0.15, 0.2) is 22.7 Å². The fourth-order valence-electron chi connectivity index (χ4n) is 1.35. The highest BCUT2D eigenvalue weighted by molar-refractivity contribution is 9.10. The zero-order chi connectivity index (χ0) is 12.8. The smallest absolute Gasteiger partial charge is 0.344 e. The van der Waals surface area contributed by atoms with E-state index in [0.717, 1.165) is 17.3 Å². The summed E-state index contributed by atoms with van der Waals surface area (Å²) < 4.78 is 6.24. The van der Waals surface area contributed by atoms with Gasteiger partial charge in [0.15, 0.2) is 6.10 Å². The Labute approximate surface area is 114 Å². The van der Waals surface area contributed by atoms with Crippen molar-refractivity contribution in [3.63, 3.8) is 0 Å². The molecule has 1 aromatic carbocycles. The SMILES string of the molecule is CCCCC(Oc1ccc(Br)cc1Cl)C(=O)O. The topological polar surface area (TPSA) is 46.5 Å². The third-order valence-corrected chi connectivity index (χ3v) is 3.05. The number of carboxylic acids is 1. The number of aliphatic carboxylic acids is 1. The van der Waals surface area contributed by atoms with Gasteiger partial charge in [0, 0.05) is 4.47 Å². The minimum Gasteiger partial charge on any atom is -0.479 e. The number of hydrogen-bond acceptors (Lipinski definition) is 2. The lowest BCUT2D eigenvalue weighted by molar-refractivity contribution is -0.145. The number of hydrogen-bond donors (Lipinski definition) is 1. The van der Waals surface area contributed by atoms with E-state index >= 15 is 0 Å². The molecule has 0 bridgehead atoms. The molecule has 1 N–H and O–H groups in total. The van der Waals surface area contributed by atoms with Crippen LogP contribution >= 0.6 is 27.5 Å². The fraction of sp³-hybridized carbons (Fsp3) is 0.417. The summed E-state index contributed by atoms with van der Waals surface area (Å²) in [5.74, 6) is -0.559. The van der Waals surface area contributed by atoms with Crippen molar-refractivity contribution in [2.24, 2.45) is 0 Å². The number of carbonyl (C=O) groups is 1. The first-order valence-electron chi connectivity index (χ1n) is 5.39. The molecular formula is C12H14BrClO3. The Hall–Kier alpha value is -0.740. The van der Waals surface area contributed by atoms with E-state index in [1.807, 2.05) is 6.92 Å². The maximum Gasteiger partial charge on any atom is 0.344 e. The average molecular weight is 322 g/mol. The van der Waals surface area contributed by atoms with Gasteiger partial charge in [0.25, 0.3) is 0 Å². The van der Waals surface area contributed by atoms with Crippen LogP contribution in [0.4, 0.5) is 0 Å². The van der Waals surface area contributed by atoms with Crippen molar-refractivity contribution < 1.29 is 14.6 Å². The number of rotatable bonds is 6. The maximum atomic E-state index is 11.0. The Morgan fingerprint density at radius 1 is 1.59 bits per heavy atom. The van der Waals surface area contributed by atoms with Crippen LogP contribution in [-0.2, 0) is 4.79 Å². The zero-order valence-electron chi connectivity index (χ0n) is 9.45. The summed E-state index contributed by atoms with van der Waals surface area (Å²) in [7, 11) is 0. The van der Waals surface area contributed by atoms with Crippen molar-refractivity contribution in [3.05, 3.63) is 27.7 Å². The molecule has 1 rings (SSSR count). The molecular weight excluding hydrogens is 307 g/mol. The van der Waals surface area contributed by atoms with E-state index < -0.39 is 12.1 Å². The van der Waals surface area contributed by atoms with Crippen LogP contribution in [0.25, 0.3) is 0 Å². The van der Waals surface area contributed by atoms with E-state index in [1.54, 1.807) is 18.2 Å². The molecule has 0 aliphatic carbocycles. The molecule has 0 heterocycles. The fourth-order valence-corrected chi connectivity index (χ4v) is 2.06. The number of carboxylic acid groups (broad SMARTS) is 1. The van der Waals surface area contributed by atoms with Crippen LogP contribution in [0.2, 0.25) is 5.02 Å². The van der Waals surface area contributed by atoms with Gasteiger partial charge in [-0.05, 0) is 31.0 Å². The summed E-state index contributed by atoms with van der Waals surface area (Å²) in [6.45, 7) is 2.01. The zero-order valence-corrected chi connectivity index (χ0v) is 11.8. The third kappa shape index (κ3) is 4.56. The van der Waals surface area contributed by atoms with Crippen LogP contribution in [0.5, 0.6) is 5.75 Å². The predicted octanol–water partition coefficient (Wildman–Crippen LogP) is 4.12. The van der Waals surface area contributed by atoms with Gasteiger partial charge in [0.2, 0.25) is 0 Å². The molecule has 94 valence electrons.